The molecule has 0 saturated heterocycles. The van der Waals surface area contributed by atoms with Gasteiger partial charge in [-0.3, -0.25) is 4.79 Å². The van der Waals surface area contributed by atoms with Crippen LogP contribution in [0.2, 0.25) is 0 Å². The summed E-state index contributed by atoms with van der Waals surface area (Å²) in [6.07, 6.45) is 1.41. The minimum Gasteiger partial charge on any atom is -0.409 e. The molecule has 0 saturated carbocycles. The fourth-order valence-electron chi connectivity index (χ4n) is 1.17. The molecule has 8 heteroatoms. The number of aromatic nitrogens is 3. The Morgan fingerprint density at radius 1 is 1.44 bits per heavy atom. The number of amidine groups is 1. The standard InChI is InChI=1S/C10H9N5O2S/c11-9(15-17)6-2-1-3-8(13-6)18-10-12-5-4-7(16)14-10/h1-5,17H,(H2,11,15)(H,12,14,16). The van der Waals surface area contributed by atoms with Gasteiger partial charge in [0.05, 0.1) is 0 Å². The van der Waals surface area contributed by atoms with Crippen LogP contribution in [0.25, 0.3) is 0 Å². The summed E-state index contributed by atoms with van der Waals surface area (Å²) in [5.74, 6) is -0.0769. The first-order chi connectivity index (χ1) is 8.69. The van der Waals surface area contributed by atoms with Crippen LogP contribution in [0.3, 0.4) is 0 Å². The molecule has 2 heterocycles. The zero-order chi connectivity index (χ0) is 13.0. The monoisotopic (exact) mass is 263 g/mol. The number of rotatable bonds is 3. The van der Waals surface area contributed by atoms with Gasteiger partial charge in [-0.05, 0) is 23.9 Å². The number of H-pyrrole nitrogens is 1. The Bertz CT molecular complexity index is 640. The Morgan fingerprint density at radius 3 is 3.00 bits per heavy atom. The van der Waals surface area contributed by atoms with E-state index in [2.05, 4.69) is 20.1 Å². The maximum absolute atomic E-state index is 11.1. The van der Waals surface area contributed by atoms with E-state index in [1.165, 1.54) is 24.0 Å². The molecular weight excluding hydrogens is 254 g/mol. The highest BCUT2D eigenvalue weighted by Crippen LogP contribution is 2.21. The minimum absolute atomic E-state index is 0.0769. The van der Waals surface area contributed by atoms with E-state index in [-0.39, 0.29) is 11.4 Å². The first-order valence-electron chi connectivity index (χ1n) is 4.87. The summed E-state index contributed by atoms with van der Waals surface area (Å²) in [7, 11) is 0. The molecular formula is C10H9N5O2S. The van der Waals surface area contributed by atoms with Gasteiger partial charge in [-0.1, -0.05) is 11.2 Å². The molecule has 2 aromatic heterocycles. The highest BCUT2D eigenvalue weighted by molar-refractivity contribution is 7.99. The molecule has 0 spiro atoms. The number of nitrogens with zero attached hydrogens (tertiary/aromatic N) is 3. The minimum atomic E-state index is -0.236. The predicted octanol–water partition coefficient (Wildman–Crippen LogP) is 0.411. The van der Waals surface area contributed by atoms with Crippen molar-refractivity contribution in [2.24, 2.45) is 10.9 Å². The maximum Gasteiger partial charge on any atom is 0.251 e. The Kier molecular flexibility index (Phi) is 3.58. The normalized spacial score (nSPS) is 11.4. The number of hydrogen-bond acceptors (Lipinski definition) is 6. The summed E-state index contributed by atoms with van der Waals surface area (Å²) in [5, 5.41) is 12.4. The first kappa shape index (κ1) is 12.1. The summed E-state index contributed by atoms with van der Waals surface area (Å²) in [6.45, 7) is 0. The zero-order valence-corrected chi connectivity index (χ0v) is 9.89. The molecule has 0 radical (unpaired) electrons. The number of hydrogen-bond donors (Lipinski definition) is 3. The summed E-state index contributed by atoms with van der Waals surface area (Å²) >= 11 is 1.17. The molecule has 4 N–H and O–H groups in total. The van der Waals surface area contributed by atoms with E-state index in [1.807, 2.05) is 0 Å². The quantitative estimate of drug-likeness (QED) is 0.243. The van der Waals surface area contributed by atoms with Crippen LogP contribution in [0.15, 0.2) is 50.6 Å². The van der Waals surface area contributed by atoms with Crippen LogP contribution in [-0.2, 0) is 0 Å². The third-order valence-electron chi connectivity index (χ3n) is 1.94. The predicted molar refractivity (Wildman–Crippen MR) is 65.7 cm³/mol. The second kappa shape index (κ2) is 5.32. The summed E-state index contributed by atoms with van der Waals surface area (Å²) < 4.78 is 0. The number of oxime groups is 1. The van der Waals surface area contributed by atoms with E-state index in [9.17, 15) is 4.79 Å². The smallest absolute Gasteiger partial charge is 0.251 e. The van der Waals surface area contributed by atoms with Gasteiger partial charge in [-0.2, -0.15) is 0 Å². The number of aromatic amines is 1. The third kappa shape index (κ3) is 2.86. The molecule has 0 aromatic carbocycles. The Morgan fingerprint density at radius 2 is 2.28 bits per heavy atom. The molecule has 0 aliphatic rings. The molecule has 0 bridgehead atoms. The lowest BCUT2D eigenvalue weighted by Gasteiger charge is -2.02. The second-order valence-electron chi connectivity index (χ2n) is 3.19. The molecule has 0 amide bonds. The Balaban J connectivity index is 2.27. The highest BCUT2D eigenvalue weighted by atomic mass is 32.2. The Labute approximate surface area is 106 Å². The molecule has 0 unspecified atom stereocenters. The van der Waals surface area contributed by atoms with Gasteiger partial charge in [0, 0.05) is 12.3 Å². The molecule has 2 rings (SSSR count). The third-order valence-corrected chi connectivity index (χ3v) is 2.78. The molecule has 0 fully saturated rings. The van der Waals surface area contributed by atoms with E-state index in [0.717, 1.165) is 0 Å². The first-order valence-corrected chi connectivity index (χ1v) is 5.69. The van der Waals surface area contributed by atoms with E-state index >= 15 is 0 Å². The van der Waals surface area contributed by atoms with Crippen molar-refractivity contribution < 1.29 is 5.21 Å². The van der Waals surface area contributed by atoms with Crippen molar-refractivity contribution in [1.82, 2.24) is 15.0 Å². The van der Waals surface area contributed by atoms with Gasteiger partial charge >= 0.3 is 0 Å². The van der Waals surface area contributed by atoms with E-state index in [1.54, 1.807) is 18.2 Å². The van der Waals surface area contributed by atoms with Crippen LogP contribution in [0.1, 0.15) is 5.69 Å². The van der Waals surface area contributed by atoms with Gasteiger partial charge in [0.25, 0.3) is 5.56 Å². The average molecular weight is 263 g/mol. The van der Waals surface area contributed by atoms with Crippen LogP contribution in [-0.4, -0.2) is 26.0 Å². The lowest BCUT2D eigenvalue weighted by Crippen LogP contribution is -2.15. The topological polar surface area (TPSA) is 117 Å². The van der Waals surface area contributed by atoms with Crippen LogP contribution in [0.5, 0.6) is 0 Å². The van der Waals surface area contributed by atoms with Crippen molar-refractivity contribution >= 4 is 17.6 Å². The molecule has 0 atom stereocenters. The highest BCUT2D eigenvalue weighted by Gasteiger charge is 2.05. The number of pyridine rings is 1. The SMILES string of the molecule is NC(=NO)c1cccc(Sc2nccc(=O)[nH]2)n1. The van der Waals surface area contributed by atoms with Crippen molar-refractivity contribution in [3.8, 4) is 0 Å². The van der Waals surface area contributed by atoms with Crippen LogP contribution < -0.4 is 11.3 Å². The van der Waals surface area contributed by atoms with E-state index < -0.39 is 0 Å². The van der Waals surface area contributed by atoms with Crippen LogP contribution in [0.4, 0.5) is 0 Å². The van der Waals surface area contributed by atoms with Gasteiger partial charge in [-0.15, -0.1) is 0 Å². The fourth-order valence-corrected chi connectivity index (χ4v) is 1.92. The van der Waals surface area contributed by atoms with Crippen molar-refractivity contribution in [2.75, 3.05) is 0 Å². The molecule has 18 heavy (non-hydrogen) atoms. The average Bonchev–Trinajstić information content (AvgIpc) is 2.38. The van der Waals surface area contributed by atoms with Gasteiger partial charge < -0.3 is 15.9 Å². The second-order valence-corrected chi connectivity index (χ2v) is 4.20. The van der Waals surface area contributed by atoms with Crippen LogP contribution >= 0.6 is 11.8 Å². The van der Waals surface area contributed by atoms with E-state index in [4.69, 9.17) is 10.9 Å². The molecule has 0 aliphatic heterocycles. The van der Waals surface area contributed by atoms with Gasteiger partial charge in [-0.25, -0.2) is 9.97 Å². The maximum atomic E-state index is 11.1. The summed E-state index contributed by atoms with van der Waals surface area (Å²) in [4.78, 5) is 21.8. The van der Waals surface area contributed by atoms with Crippen molar-refractivity contribution in [3.05, 3.63) is 46.5 Å². The van der Waals surface area contributed by atoms with Gasteiger partial charge in [0.2, 0.25) is 0 Å². The molecule has 92 valence electrons. The zero-order valence-electron chi connectivity index (χ0n) is 9.07. The Hall–Kier alpha value is -2.35. The largest absolute Gasteiger partial charge is 0.409 e. The van der Waals surface area contributed by atoms with Gasteiger partial charge in [0.15, 0.2) is 11.0 Å². The number of nitrogens with two attached hydrogens (primary N) is 1. The summed E-state index contributed by atoms with van der Waals surface area (Å²) in [5.41, 5.74) is 5.55. The van der Waals surface area contributed by atoms with Crippen LogP contribution in [0, 0.1) is 0 Å². The molecule has 7 nitrogen and oxygen atoms in total. The summed E-state index contributed by atoms with van der Waals surface area (Å²) in [6, 6.07) is 6.38. The van der Waals surface area contributed by atoms with Crippen molar-refractivity contribution in [1.29, 1.82) is 0 Å². The fraction of sp³-hybridized carbons (Fsp3) is 0. The number of nitrogens with one attached hydrogen (secondary N) is 1. The lowest BCUT2D eigenvalue weighted by atomic mass is 10.3. The lowest BCUT2D eigenvalue weighted by molar-refractivity contribution is 0.318. The van der Waals surface area contributed by atoms with Gasteiger partial charge in [0.1, 0.15) is 10.7 Å². The molecule has 2 aromatic rings. The van der Waals surface area contributed by atoms with Crippen molar-refractivity contribution in [3.63, 3.8) is 0 Å². The molecule has 0 aliphatic carbocycles. The van der Waals surface area contributed by atoms with Crippen molar-refractivity contribution in [2.45, 2.75) is 10.2 Å². The van der Waals surface area contributed by atoms with E-state index in [0.29, 0.717) is 15.9 Å².